The number of esters is 1. The van der Waals surface area contributed by atoms with E-state index in [4.69, 9.17) is 33.2 Å². The Labute approximate surface area is 364 Å². The lowest BCUT2D eigenvalue weighted by molar-refractivity contribution is -0.320. The van der Waals surface area contributed by atoms with Gasteiger partial charge in [-0.2, -0.15) is 0 Å². The molecule has 1 aromatic carbocycles. The summed E-state index contributed by atoms with van der Waals surface area (Å²) < 4.78 is 45.3. The van der Waals surface area contributed by atoms with Crippen molar-refractivity contribution in [3.05, 3.63) is 35.9 Å². The first-order valence-corrected chi connectivity index (χ1v) is 22.2. The lowest BCUT2D eigenvalue weighted by Crippen LogP contribution is -2.61. The summed E-state index contributed by atoms with van der Waals surface area (Å²) in [6.45, 7) is 18.4. The van der Waals surface area contributed by atoms with Gasteiger partial charge in [-0.1, -0.05) is 58.0 Å². The maximum atomic E-state index is 14.5. The highest BCUT2D eigenvalue weighted by Gasteiger charge is 2.54. The van der Waals surface area contributed by atoms with Crippen molar-refractivity contribution in [3.63, 3.8) is 0 Å². The van der Waals surface area contributed by atoms with Crippen LogP contribution in [-0.2, 0) is 49.3 Å². The van der Waals surface area contributed by atoms with E-state index in [1.54, 1.807) is 41.5 Å². The number of carbonyl (C=O) groups is 2. The fourth-order valence-corrected chi connectivity index (χ4v) is 9.71. The maximum Gasteiger partial charge on any atom is 0.311 e. The molecule has 15 nitrogen and oxygen atoms in total. The number of likely N-dealkylation sites (N-methyl/N-ethyl adjacent to an activating group) is 1. The Balaban J connectivity index is 1.87. The molecule has 18 atom stereocenters. The summed E-state index contributed by atoms with van der Waals surface area (Å²) in [5.74, 6) is -4.63. The van der Waals surface area contributed by atoms with Gasteiger partial charge in [-0.05, 0) is 80.5 Å². The van der Waals surface area contributed by atoms with Crippen molar-refractivity contribution < 1.29 is 63.2 Å². The number of methoxy groups -OCH3 is 1. The number of Topliss-reactive ketones (excluding diaryl/α,β-unsaturated/α-hetero) is 1. The van der Waals surface area contributed by atoms with E-state index in [9.17, 15) is 30.0 Å². The van der Waals surface area contributed by atoms with Crippen LogP contribution in [0, 0.1) is 23.7 Å². The Kier molecular flexibility index (Phi) is 18.3. The number of carbonyl (C=O) groups excluding carboxylic acids is 2. The Hall–Kier alpha value is -2.12. The van der Waals surface area contributed by atoms with Gasteiger partial charge in [0, 0.05) is 50.4 Å². The van der Waals surface area contributed by atoms with Gasteiger partial charge >= 0.3 is 5.97 Å². The molecule has 0 aromatic heterocycles. The van der Waals surface area contributed by atoms with Crippen LogP contribution in [0.15, 0.2) is 30.3 Å². The molecule has 3 saturated heterocycles. The molecule has 350 valence electrons. The molecule has 0 amide bonds. The number of ketones is 1. The minimum atomic E-state index is -1.99. The topological polar surface area (TPSA) is 195 Å². The second-order valence-electron chi connectivity index (χ2n) is 18.9. The molecule has 1 aromatic rings. The zero-order valence-corrected chi connectivity index (χ0v) is 38.9. The van der Waals surface area contributed by atoms with E-state index in [1.165, 1.54) is 14.0 Å². The molecule has 3 aliphatic heterocycles. The molecule has 15 heteroatoms. The molecule has 3 fully saturated rings. The highest BCUT2D eigenvalue weighted by Crippen LogP contribution is 2.42. The van der Waals surface area contributed by atoms with E-state index in [0.717, 1.165) is 5.56 Å². The second kappa shape index (κ2) is 21.7. The van der Waals surface area contributed by atoms with Gasteiger partial charge in [0.2, 0.25) is 0 Å². The number of nitrogens with zero attached hydrogens (tertiary/aromatic N) is 1. The minimum absolute atomic E-state index is 0.0852. The van der Waals surface area contributed by atoms with Gasteiger partial charge in [0.15, 0.2) is 12.6 Å². The first kappa shape index (κ1) is 51.5. The van der Waals surface area contributed by atoms with Gasteiger partial charge in [0.05, 0.1) is 54.2 Å². The van der Waals surface area contributed by atoms with E-state index < -0.39 is 102 Å². The van der Waals surface area contributed by atoms with E-state index in [2.05, 4.69) is 5.32 Å². The zero-order valence-electron chi connectivity index (χ0n) is 38.9. The predicted molar refractivity (Wildman–Crippen MR) is 228 cm³/mol. The summed E-state index contributed by atoms with van der Waals surface area (Å²) in [6, 6.07) is 9.65. The van der Waals surface area contributed by atoms with Crippen LogP contribution < -0.4 is 5.32 Å². The highest BCUT2D eigenvalue weighted by molar-refractivity contribution is 5.83. The first-order chi connectivity index (χ1) is 28.5. The van der Waals surface area contributed by atoms with Crippen molar-refractivity contribution in [2.45, 2.75) is 186 Å². The number of hydrogen-bond acceptors (Lipinski definition) is 15. The van der Waals surface area contributed by atoms with Gasteiger partial charge in [0.1, 0.15) is 29.7 Å². The predicted octanol–water partition coefficient (Wildman–Crippen LogP) is 3.60. The van der Waals surface area contributed by atoms with Crippen LogP contribution in [0.3, 0.4) is 0 Å². The summed E-state index contributed by atoms with van der Waals surface area (Å²) >= 11 is 0. The van der Waals surface area contributed by atoms with Gasteiger partial charge in [-0.15, -0.1) is 0 Å². The molecule has 2 unspecified atom stereocenters. The van der Waals surface area contributed by atoms with Crippen LogP contribution in [0.5, 0.6) is 0 Å². The first-order valence-electron chi connectivity index (χ1n) is 22.2. The van der Waals surface area contributed by atoms with Crippen molar-refractivity contribution in [1.29, 1.82) is 0 Å². The van der Waals surface area contributed by atoms with Crippen molar-refractivity contribution in [1.82, 2.24) is 10.2 Å². The summed E-state index contributed by atoms with van der Waals surface area (Å²) in [5.41, 5.74) is -3.27. The standard InChI is InChI=1S/C46H78N2O13/c1-14-34-46(10,54)39(51)28(4)36(49)26(2)23-45(9,56-21-20-47-25-32-18-16-15-17-19-32)41(61-43-37(50)33(48(11)12)22-27(3)57-43)29(5)38(30(6)42(53)59-34)60-35-24-44(8,55-13)40(52)31(7)58-35/h15-19,26-31,33-35,37-41,43,47,50-52,54H,14,20-25H2,1-13H3/t26-,27-,28+,29+,30-,31+,33+,34?,35+,37-,38?,39-,40+,41-,43+,44-,45-,46-/m1/s1. The van der Waals surface area contributed by atoms with Gasteiger partial charge in [-0.3, -0.25) is 9.59 Å². The summed E-state index contributed by atoms with van der Waals surface area (Å²) in [4.78, 5) is 30.8. The SMILES string of the molecule is CCC1OC(=O)[C@H](C)C(O[C@H]2C[C@@](C)(OC)[C@@H](O)[C@H](C)O2)[C@H](C)[C@@H](O[C@@H]2O[C@H](C)C[C@H](N(C)C)[C@H]2O)[C@](C)(OCCNCc2ccccc2)C[C@@H](C)C(=O)[C@H](C)[C@@H](O)[C@]1(C)O. The third kappa shape index (κ3) is 12.2. The molecule has 0 bridgehead atoms. The Morgan fingerprint density at radius 1 is 0.885 bits per heavy atom. The Bertz CT molecular complexity index is 1540. The van der Waals surface area contributed by atoms with Crippen LogP contribution in [0.4, 0.5) is 0 Å². The monoisotopic (exact) mass is 867 g/mol. The Morgan fingerprint density at radius 3 is 2.15 bits per heavy atom. The average Bonchev–Trinajstić information content (AvgIpc) is 3.22. The van der Waals surface area contributed by atoms with Crippen LogP contribution >= 0.6 is 0 Å². The lowest BCUT2D eigenvalue weighted by Gasteiger charge is -2.50. The molecule has 3 aliphatic rings. The number of ether oxygens (including phenoxy) is 7. The molecule has 0 spiro atoms. The number of cyclic esters (lactones) is 1. The molecule has 0 radical (unpaired) electrons. The lowest BCUT2D eigenvalue weighted by atomic mass is 9.73. The molecule has 0 saturated carbocycles. The summed E-state index contributed by atoms with van der Waals surface area (Å²) in [6.07, 6.45) is -9.10. The summed E-state index contributed by atoms with van der Waals surface area (Å²) in [5, 5.41) is 49.8. The van der Waals surface area contributed by atoms with E-state index >= 15 is 0 Å². The smallest absolute Gasteiger partial charge is 0.311 e. The molecule has 5 N–H and O–H groups in total. The number of nitrogens with one attached hydrogen (secondary N) is 1. The largest absolute Gasteiger partial charge is 0.459 e. The third-order valence-electron chi connectivity index (χ3n) is 13.7. The van der Waals surface area contributed by atoms with Crippen molar-refractivity contribution in [2.75, 3.05) is 34.4 Å². The van der Waals surface area contributed by atoms with Crippen molar-refractivity contribution in [2.24, 2.45) is 23.7 Å². The second-order valence-corrected chi connectivity index (χ2v) is 18.9. The molecular formula is C46H78N2O13. The molecular weight excluding hydrogens is 789 g/mol. The van der Waals surface area contributed by atoms with Gasteiger partial charge < -0.3 is 63.8 Å². The fraction of sp³-hybridized carbons (Fsp3) is 0.826. The molecule has 61 heavy (non-hydrogen) atoms. The van der Waals surface area contributed by atoms with E-state index in [-0.39, 0.29) is 43.8 Å². The average molecular weight is 867 g/mol. The summed E-state index contributed by atoms with van der Waals surface area (Å²) in [7, 11) is 5.29. The number of aliphatic hydroxyl groups excluding tert-OH is 3. The Morgan fingerprint density at radius 2 is 1.54 bits per heavy atom. The van der Waals surface area contributed by atoms with Crippen LogP contribution in [0.1, 0.15) is 100 Å². The fourth-order valence-electron chi connectivity index (χ4n) is 9.71. The third-order valence-corrected chi connectivity index (χ3v) is 13.7. The van der Waals surface area contributed by atoms with E-state index in [1.807, 2.05) is 70.1 Å². The van der Waals surface area contributed by atoms with Gasteiger partial charge in [-0.25, -0.2) is 0 Å². The van der Waals surface area contributed by atoms with Crippen LogP contribution in [0.25, 0.3) is 0 Å². The molecule has 3 heterocycles. The van der Waals surface area contributed by atoms with Crippen LogP contribution in [-0.4, -0.2) is 156 Å². The molecule has 0 aliphatic carbocycles. The van der Waals surface area contributed by atoms with Crippen LogP contribution in [0.2, 0.25) is 0 Å². The van der Waals surface area contributed by atoms with Crippen molar-refractivity contribution in [3.8, 4) is 0 Å². The normalized spacial score (nSPS) is 43.5. The van der Waals surface area contributed by atoms with Gasteiger partial charge in [0.25, 0.3) is 0 Å². The highest BCUT2D eigenvalue weighted by atomic mass is 16.7. The zero-order chi connectivity index (χ0) is 45.6. The number of hydrogen-bond donors (Lipinski definition) is 5. The minimum Gasteiger partial charge on any atom is -0.459 e. The quantitative estimate of drug-likeness (QED) is 0.143. The number of rotatable bonds is 13. The van der Waals surface area contributed by atoms with E-state index in [0.29, 0.717) is 19.5 Å². The maximum absolute atomic E-state index is 14.5. The molecule has 4 rings (SSSR count). The van der Waals surface area contributed by atoms with Crippen molar-refractivity contribution >= 4 is 11.8 Å². The number of aliphatic hydroxyl groups is 4. The number of benzene rings is 1.